The number of carbonyl (C=O) groups excluding carboxylic acids is 1. The van der Waals surface area contributed by atoms with Gasteiger partial charge in [-0.15, -0.1) is 0 Å². The van der Waals surface area contributed by atoms with E-state index in [-0.39, 0.29) is 17.4 Å². The summed E-state index contributed by atoms with van der Waals surface area (Å²) in [7, 11) is 0. The highest BCUT2D eigenvalue weighted by Crippen LogP contribution is 2.40. The van der Waals surface area contributed by atoms with Crippen LogP contribution >= 0.6 is 0 Å². The first-order valence-corrected chi connectivity index (χ1v) is 9.53. The quantitative estimate of drug-likeness (QED) is 0.843. The zero-order valence-corrected chi connectivity index (χ0v) is 16.0. The number of hydrogen-bond acceptors (Lipinski definition) is 5. The van der Waals surface area contributed by atoms with Gasteiger partial charge >= 0.3 is 0 Å². The maximum atomic E-state index is 13.2. The summed E-state index contributed by atoms with van der Waals surface area (Å²) in [5.41, 5.74) is 1.57. The predicted molar refractivity (Wildman–Crippen MR) is 96.1 cm³/mol. The number of nitrogens with zero attached hydrogens (tertiary/aromatic N) is 5. The molecule has 0 radical (unpaired) electrons. The standard InChI is InChI=1S/C19H27N5O2/c1-12-20-17(26-22-12)14-7-9-23(10-8-14)18(25)16-11-15(13-5-6-13)21-24(16)19(2,3)4/h11,13-14H,5-10H2,1-4H3. The normalized spacial score (nSPS) is 19.2. The summed E-state index contributed by atoms with van der Waals surface area (Å²) >= 11 is 0. The first-order chi connectivity index (χ1) is 12.3. The van der Waals surface area contributed by atoms with Gasteiger partial charge in [-0.05, 0) is 59.4 Å². The highest BCUT2D eigenvalue weighted by atomic mass is 16.5. The number of rotatable bonds is 3. The van der Waals surface area contributed by atoms with Gasteiger partial charge in [-0.1, -0.05) is 5.16 Å². The Morgan fingerprint density at radius 2 is 1.85 bits per heavy atom. The molecule has 7 heteroatoms. The molecule has 1 saturated carbocycles. The van der Waals surface area contributed by atoms with Crippen LogP contribution in [0.1, 0.15) is 86.2 Å². The van der Waals surface area contributed by atoms with E-state index in [4.69, 9.17) is 9.62 Å². The second-order valence-electron chi connectivity index (χ2n) is 8.56. The lowest BCUT2D eigenvalue weighted by Crippen LogP contribution is -2.40. The first-order valence-electron chi connectivity index (χ1n) is 9.53. The van der Waals surface area contributed by atoms with Crippen LogP contribution in [0, 0.1) is 6.92 Å². The van der Waals surface area contributed by atoms with E-state index in [2.05, 4.69) is 30.9 Å². The minimum atomic E-state index is -0.211. The van der Waals surface area contributed by atoms with E-state index in [1.807, 2.05) is 22.6 Å². The van der Waals surface area contributed by atoms with Crippen LogP contribution in [0.15, 0.2) is 10.6 Å². The van der Waals surface area contributed by atoms with Gasteiger partial charge in [0.1, 0.15) is 5.69 Å². The molecule has 2 aliphatic rings. The Balaban J connectivity index is 1.50. The van der Waals surface area contributed by atoms with Gasteiger partial charge in [-0.3, -0.25) is 9.48 Å². The van der Waals surface area contributed by atoms with Crippen LogP contribution < -0.4 is 0 Å². The maximum absolute atomic E-state index is 13.2. The van der Waals surface area contributed by atoms with Crippen molar-refractivity contribution in [3.05, 3.63) is 29.2 Å². The van der Waals surface area contributed by atoms with Crippen molar-refractivity contribution in [1.29, 1.82) is 0 Å². The molecule has 1 saturated heterocycles. The molecule has 4 rings (SSSR count). The van der Waals surface area contributed by atoms with Gasteiger partial charge in [0, 0.05) is 24.9 Å². The molecule has 26 heavy (non-hydrogen) atoms. The lowest BCUT2D eigenvalue weighted by atomic mass is 9.96. The third-order valence-corrected chi connectivity index (χ3v) is 5.25. The number of likely N-dealkylation sites (tertiary alicyclic amines) is 1. The molecule has 0 N–H and O–H groups in total. The van der Waals surface area contributed by atoms with Crippen molar-refractivity contribution >= 4 is 5.91 Å². The summed E-state index contributed by atoms with van der Waals surface area (Å²) in [6, 6.07) is 2.01. The zero-order chi connectivity index (χ0) is 18.5. The van der Waals surface area contributed by atoms with E-state index in [9.17, 15) is 4.79 Å². The zero-order valence-electron chi connectivity index (χ0n) is 16.0. The number of amides is 1. The van der Waals surface area contributed by atoms with Crippen molar-refractivity contribution in [2.24, 2.45) is 0 Å². The van der Waals surface area contributed by atoms with Gasteiger partial charge in [0.05, 0.1) is 11.2 Å². The van der Waals surface area contributed by atoms with Gasteiger partial charge in [0.2, 0.25) is 5.89 Å². The summed E-state index contributed by atoms with van der Waals surface area (Å²) in [6.45, 7) is 9.53. The SMILES string of the molecule is Cc1noc(C2CCN(C(=O)c3cc(C4CC4)nn3C(C)(C)C)CC2)n1. The minimum absolute atomic E-state index is 0.0829. The van der Waals surface area contributed by atoms with Crippen LogP contribution in [0.2, 0.25) is 0 Å². The Morgan fingerprint density at radius 3 is 2.38 bits per heavy atom. The highest BCUT2D eigenvalue weighted by Gasteiger charge is 2.34. The second-order valence-corrected chi connectivity index (χ2v) is 8.56. The van der Waals surface area contributed by atoms with Crippen LogP contribution in [0.5, 0.6) is 0 Å². The van der Waals surface area contributed by atoms with Crippen molar-refractivity contribution in [2.75, 3.05) is 13.1 Å². The third kappa shape index (κ3) is 3.27. The lowest BCUT2D eigenvalue weighted by molar-refractivity contribution is 0.0684. The van der Waals surface area contributed by atoms with E-state index in [1.165, 1.54) is 12.8 Å². The van der Waals surface area contributed by atoms with Crippen molar-refractivity contribution in [2.45, 2.75) is 70.8 Å². The van der Waals surface area contributed by atoms with Gasteiger partial charge in [-0.2, -0.15) is 10.1 Å². The molecule has 0 atom stereocenters. The van der Waals surface area contributed by atoms with E-state index in [0.717, 1.165) is 18.5 Å². The molecule has 0 bridgehead atoms. The third-order valence-electron chi connectivity index (χ3n) is 5.25. The molecule has 2 aromatic rings. The first kappa shape index (κ1) is 17.2. The number of hydrogen-bond donors (Lipinski definition) is 0. The molecular weight excluding hydrogens is 330 g/mol. The number of aryl methyl sites for hydroxylation is 1. The molecule has 2 fully saturated rings. The summed E-state index contributed by atoms with van der Waals surface area (Å²) in [5.74, 6) is 2.23. The van der Waals surface area contributed by atoms with Gasteiger partial charge in [0.15, 0.2) is 5.82 Å². The largest absolute Gasteiger partial charge is 0.339 e. The Hall–Kier alpha value is -2.18. The van der Waals surface area contributed by atoms with Crippen molar-refractivity contribution in [3.63, 3.8) is 0 Å². The van der Waals surface area contributed by atoms with Crippen LogP contribution in [-0.2, 0) is 5.54 Å². The molecular formula is C19H27N5O2. The van der Waals surface area contributed by atoms with E-state index >= 15 is 0 Å². The van der Waals surface area contributed by atoms with Gasteiger partial charge in [-0.25, -0.2) is 0 Å². The topological polar surface area (TPSA) is 77.0 Å². The van der Waals surface area contributed by atoms with Crippen molar-refractivity contribution in [1.82, 2.24) is 24.8 Å². The maximum Gasteiger partial charge on any atom is 0.272 e. The molecule has 1 amide bonds. The summed E-state index contributed by atoms with van der Waals surface area (Å²) in [6.07, 6.45) is 4.08. The molecule has 2 aromatic heterocycles. The smallest absolute Gasteiger partial charge is 0.272 e. The number of carbonyl (C=O) groups is 1. The van der Waals surface area contributed by atoms with Crippen molar-refractivity contribution < 1.29 is 9.32 Å². The van der Waals surface area contributed by atoms with Crippen LogP contribution in [0.25, 0.3) is 0 Å². The van der Waals surface area contributed by atoms with Gasteiger partial charge < -0.3 is 9.42 Å². The molecule has 0 aromatic carbocycles. The Bertz CT molecular complexity index is 804. The summed E-state index contributed by atoms with van der Waals surface area (Å²) < 4.78 is 7.22. The minimum Gasteiger partial charge on any atom is -0.339 e. The molecule has 1 aliphatic heterocycles. The molecule has 1 aliphatic carbocycles. The predicted octanol–water partition coefficient (Wildman–Crippen LogP) is 3.23. The molecule has 0 spiro atoms. The van der Waals surface area contributed by atoms with Crippen molar-refractivity contribution in [3.8, 4) is 0 Å². The van der Waals surface area contributed by atoms with Gasteiger partial charge in [0.25, 0.3) is 5.91 Å². The Kier molecular flexibility index (Phi) is 4.12. The van der Waals surface area contributed by atoms with E-state index in [1.54, 1.807) is 0 Å². The van der Waals surface area contributed by atoms with Crippen LogP contribution in [0.4, 0.5) is 0 Å². The Labute approximate surface area is 153 Å². The average Bonchev–Trinajstić information content (AvgIpc) is 3.19. The lowest BCUT2D eigenvalue weighted by Gasteiger charge is -2.31. The monoisotopic (exact) mass is 357 g/mol. The summed E-state index contributed by atoms with van der Waals surface area (Å²) in [4.78, 5) is 19.5. The Morgan fingerprint density at radius 1 is 1.15 bits per heavy atom. The average molecular weight is 357 g/mol. The molecule has 140 valence electrons. The number of piperidine rings is 1. The number of aromatic nitrogens is 4. The molecule has 3 heterocycles. The van der Waals surface area contributed by atoms with Crippen LogP contribution in [0.3, 0.4) is 0 Å². The molecule has 7 nitrogen and oxygen atoms in total. The fourth-order valence-electron chi connectivity index (χ4n) is 3.61. The second kappa shape index (κ2) is 6.21. The fourth-order valence-corrected chi connectivity index (χ4v) is 3.61. The van der Waals surface area contributed by atoms with E-state index < -0.39 is 0 Å². The fraction of sp³-hybridized carbons (Fsp3) is 0.684. The highest BCUT2D eigenvalue weighted by molar-refractivity contribution is 5.93. The molecule has 0 unspecified atom stereocenters. The van der Waals surface area contributed by atoms with E-state index in [0.29, 0.717) is 36.4 Å². The van der Waals surface area contributed by atoms with Crippen LogP contribution in [-0.4, -0.2) is 43.8 Å². The summed E-state index contributed by atoms with van der Waals surface area (Å²) in [5, 5.41) is 8.64.